The molecule has 0 atom stereocenters. The van der Waals surface area contributed by atoms with Gasteiger partial charge in [0.2, 0.25) is 0 Å². The molecule has 1 N–H and O–H groups in total. The van der Waals surface area contributed by atoms with E-state index in [9.17, 15) is 0 Å². The summed E-state index contributed by atoms with van der Waals surface area (Å²) >= 11 is 0. The Kier molecular flexibility index (Phi) is 7.02. The van der Waals surface area contributed by atoms with Crippen LogP contribution in [0.5, 0.6) is 5.75 Å². The molecule has 0 saturated carbocycles. The molecule has 4 aromatic rings. The number of hydrogen-bond donors (Lipinski definition) is 1. The van der Waals surface area contributed by atoms with Gasteiger partial charge in [0.1, 0.15) is 11.6 Å². The van der Waals surface area contributed by atoms with Crippen LogP contribution in [-0.2, 0) is 0 Å². The van der Waals surface area contributed by atoms with Crippen molar-refractivity contribution in [1.29, 1.82) is 0 Å². The van der Waals surface area contributed by atoms with Crippen molar-refractivity contribution < 1.29 is 4.74 Å². The van der Waals surface area contributed by atoms with Crippen molar-refractivity contribution in [2.45, 2.75) is 20.3 Å². The number of ether oxygens (including phenoxy) is 1. The van der Waals surface area contributed by atoms with Crippen LogP contribution in [0.2, 0.25) is 0 Å². The van der Waals surface area contributed by atoms with Crippen molar-refractivity contribution >= 4 is 11.5 Å². The Morgan fingerprint density at radius 3 is 2.31 bits per heavy atom. The Hall–Kier alpha value is -3.38. The minimum atomic E-state index is 0.823. The van der Waals surface area contributed by atoms with Gasteiger partial charge in [-0.1, -0.05) is 44.2 Å². The SMILES string of the molecule is CCN(CC)CCCNc1cc(-c2ccccc2)nc2cc(-c3ccc(OC)cc3)nn12. The lowest BCUT2D eigenvalue weighted by atomic mass is 10.1. The van der Waals surface area contributed by atoms with E-state index >= 15 is 0 Å². The zero-order chi connectivity index (χ0) is 22.3. The van der Waals surface area contributed by atoms with Gasteiger partial charge in [-0.05, 0) is 50.3 Å². The molecule has 0 radical (unpaired) electrons. The van der Waals surface area contributed by atoms with E-state index < -0.39 is 0 Å². The topological polar surface area (TPSA) is 54.7 Å². The summed E-state index contributed by atoms with van der Waals surface area (Å²) in [6, 6.07) is 22.4. The second-order valence-electron chi connectivity index (χ2n) is 7.73. The number of benzene rings is 2. The molecule has 166 valence electrons. The van der Waals surface area contributed by atoms with E-state index in [0.29, 0.717) is 0 Å². The van der Waals surface area contributed by atoms with Crippen LogP contribution in [0.15, 0.2) is 66.7 Å². The van der Waals surface area contributed by atoms with Crippen molar-refractivity contribution in [2.24, 2.45) is 0 Å². The molecule has 32 heavy (non-hydrogen) atoms. The first-order valence-electron chi connectivity index (χ1n) is 11.3. The highest BCUT2D eigenvalue weighted by molar-refractivity contribution is 5.70. The molecule has 2 heterocycles. The highest BCUT2D eigenvalue weighted by Crippen LogP contribution is 2.27. The van der Waals surface area contributed by atoms with Crippen LogP contribution in [0, 0.1) is 0 Å². The molecular weight excluding hydrogens is 398 g/mol. The van der Waals surface area contributed by atoms with Gasteiger partial charge in [0.15, 0.2) is 5.65 Å². The Morgan fingerprint density at radius 1 is 0.906 bits per heavy atom. The summed E-state index contributed by atoms with van der Waals surface area (Å²) in [6.07, 6.45) is 1.07. The van der Waals surface area contributed by atoms with Crippen molar-refractivity contribution in [2.75, 3.05) is 38.6 Å². The lowest BCUT2D eigenvalue weighted by molar-refractivity contribution is 0.303. The van der Waals surface area contributed by atoms with E-state index in [1.54, 1.807) is 7.11 Å². The Labute approximate surface area is 189 Å². The lowest BCUT2D eigenvalue weighted by Crippen LogP contribution is -2.25. The first-order chi connectivity index (χ1) is 15.7. The summed E-state index contributed by atoms with van der Waals surface area (Å²) in [4.78, 5) is 7.34. The fourth-order valence-corrected chi connectivity index (χ4v) is 3.82. The van der Waals surface area contributed by atoms with Gasteiger partial charge >= 0.3 is 0 Å². The standard InChI is InChI=1S/C26H31N5O/c1-4-30(5-2)17-9-16-27-25-18-23(20-10-7-6-8-11-20)28-26-19-24(29-31(25)26)21-12-14-22(32-3)15-13-21/h6-8,10-15,18-19,27H,4-5,9,16-17H2,1-3H3. The number of anilines is 1. The summed E-state index contributed by atoms with van der Waals surface area (Å²) in [5.41, 5.74) is 4.77. The number of rotatable bonds is 10. The minimum absolute atomic E-state index is 0.823. The average molecular weight is 430 g/mol. The van der Waals surface area contributed by atoms with Crippen LogP contribution >= 0.6 is 0 Å². The van der Waals surface area contributed by atoms with Crippen LogP contribution in [0.25, 0.3) is 28.2 Å². The van der Waals surface area contributed by atoms with E-state index in [1.807, 2.05) is 53.0 Å². The van der Waals surface area contributed by atoms with Crippen LogP contribution in [0.1, 0.15) is 20.3 Å². The van der Waals surface area contributed by atoms with E-state index in [4.69, 9.17) is 14.8 Å². The molecule has 6 heteroatoms. The highest BCUT2D eigenvalue weighted by atomic mass is 16.5. The van der Waals surface area contributed by atoms with Gasteiger partial charge in [-0.15, -0.1) is 0 Å². The normalized spacial score (nSPS) is 11.2. The molecular formula is C26H31N5O. The van der Waals surface area contributed by atoms with Crippen LogP contribution < -0.4 is 10.1 Å². The Morgan fingerprint density at radius 2 is 1.62 bits per heavy atom. The molecule has 0 aliphatic rings. The second-order valence-corrected chi connectivity index (χ2v) is 7.73. The van der Waals surface area contributed by atoms with E-state index in [1.165, 1.54) is 0 Å². The number of hydrogen-bond acceptors (Lipinski definition) is 5. The quantitative estimate of drug-likeness (QED) is 0.351. The van der Waals surface area contributed by atoms with Crippen LogP contribution in [0.4, 0.5) is 5.82 Å². The predicted octanol–water partition coefficient (Wildman–Crippen LogP) is 5.22. The van der Waals surface area contributed by atoms with Crippen LogP contribution in [-0.4, -0.2) is 52.8 Å². The lowest BCUT2D eigenvalue weighted by Gasteiger charge is -2.18. The molecule has 0 fully saturated rings. The molecule has 4 rings (SSSR count). The molecule has 0 aliphatic heterocycles. The van der Waals surface area contributed by atoms with E-state index in [-0.39, 0.29) is 0 Å². The van der Waals surface area contributed by atoms with E-state index in [2.05, 4.69) is 42.3 Å². The van der Waals surface area contributed by atoms with Crippen LogP contribution in [0.3, 0.4) is 0 Å². The van der Waals surface area contributed by atoms with Crippen molar-refractivity contribution in [3.05, 3.63) is 66.7 Å². The summed E-state index contributed by atoms with van der Waals surface area (Å²) in [6.45, 7) is 8.54. The summed E-state index contributed by atoms with van der Waals surface area (Å²) in [7, 11) is 1.67. The predicted molar refractivity (Wildman–Crippen MR) is 131 cm³/mol. The molecule has 2 aromatic heterocycles. The van der Waals surface area contributed by atoms with Crippen molar-refractivity contribution in [1.82, 2.24) is 19.5 Å². The van der Waals surface area contributed by atoms with Gasteiger partial charge in [-0.3, -0.25) is 0 Å². The zero-order valence-electron chi connectivity index (χ0n) is 19.1. The first-order valence-corrected chi connectivity index (χ1v) is 11.3. The minimum Gasteiger partial charge on any atom is -0.497 e. The van der Waals surface area contributed by atoms with Gasteiger partial charge in [0.25, 0.3) is 0 Å². The van der Waals surface area contributed by atoms with Crippen molar-refractivity contribution in [3.63, 3.8) is 0 Å². The third-order valence-corrected chi connectivity index (χ3v) is 5.73. The fourth-order valence-electron chi connectivity index (χ4n) is 3.82. The number of nitrogens with one attached hydrogen (secondary N) is 1. The van der Waals surface area contributed by atoms with Gasteiger partial charge in [-0.2, -0.15) is 9.61 Å². The van der Waals surface area contributed by atoms with Gasteiger partial charge < -0.3 is 15.0 Å². The summed E-state index contributed by atoms with van der Waals surface area (Å²) in [5.74, 6) is 1.78. The zero-order valence-corrected chi connectivity index (χ0v) is 19.1. The smallest absolute Gasteiger partial charge is 0.158 e. The molecule has 0 saturated heterocycles. The largest absolute Gasteiger partial charge is 0.497 e. The summed E-state index contributed by atoms with van der Waals surface area (Å²) in [5, 5.41) is 8.46. The monoisotopic (exact) mass is 429 g/mol. The molecule has 2 aromatic carbocycles. The third kappa shape index (κ3) is 4.92. The summed E-state index contributed by atoms with van der Waals surface area (Å²) < 4.78 is 7.19. The Bertz CT molecular complexity index is 1130. The average Bonchev–Trinajstić information content (AvgIpc) is 3.29. The maximum Gasteiger partial charge on any atom is 0.158 e. The number of methoxy groups -OCH3 is 1. The second kappa shape index (κ2) is 10.3. The molecule has 0 amide bonds. The molecule has 0 aliphatic carbocycles. The third-order valence-electron chi connectivity index (χ3n) is 5.73. The van der Waals surface area contributed by atoms with Gasteiger partial charge in [0, 0.05) is 29.8 Å². The highest BCUT2D eigenvalue weighted by Gasteiger charge is 2.12. The van der Waals surface area contributed by atoms with Crippen molar-refractivity contribution in [3.8, 4) is 28.3 Å². The molecule has 0 spiro atoms. The maximum absolute atomic E-state index is 5.28. The molecule has 0 bridgehead atoms. The Balaban J connectivity index is 1.66. The van der Waals surface area contributed by atoms with E-state index in [0.717, 1.165) is 72.3 Å². The van der Waals surface area contributed by atoms with Gasteiger partial charge in [-0.25, -0.2) is 4.98 Å². The maximum atomic E-state index is 5.28. The molecule has 6 nitrogen and oxygen atoms in total. The number of aromatic nitrogens is 3. The van der Waals surface area contributed by atoms with Gasteiger partial charge in [0.05, 0.1) is 18.5 Å². The fraction of sp³-hybridized carbons (Fsp3) is 0.308. The number of nitrogens with zero attached hydrogens (tertiary/aromatic N) is 4. The first kappa shape index (κ1) is 21.8. The molecule has 0 unspecified atom stereocenters. The number of fused-ring (bicyclic) bond motifs is 1.